The van der Waals surface area contributed by atoms with Crippen LogP contribution < -0.4 is 5.32 Å². The number of hydrogen-bond donors (Lipinski definition) is 1. The lowest BCUT2D eigenvalue weighted by Crippen LogP contribution is -2.14. The third-order valence-corrected chi connectivity index (χ3v) is 5.13. The number of alkyl halides is 3. The molecule has 0 aliphatic heterocycles. The van der Waals surface area contributed by atoms with E-state index in [1.54, 1.807) is 11.4 Å². The lowest BCUT2D eigenvalue weighted by Gasteiger charge is -2.06. The fourth-order valence-electron chi connectivity index (χ4n) is 2.24. The van der Waals surface area contributed by atoms with Crippen molar-refractivity contribution in [1.29, 1.82) is 0 Å². The van der Waals surface area contributed by atoms with Crippen LogP contribution in [0.3, 0.4) is 0 Å². The second-order valence-electron chi connectivity index (χ2n) is 5.42. The highest BCUT2D eigenvalue weighted by molar-refractivity contribution is 9.10. The number of para-hydroxylation sites is 1. The summed E-state index contributed by atoms with van der Waals surface area (Å²) < 4.78 is 38.6. The molecule has 134 valence electrons. The highest BCUT2D eigenvalue weighted by atomic mass is 79.9. The molecule has 0 spiro atoms. The van der Waals surface area contributed by atoms with Gasteiger partial charge >= 0.3 is 6.18 Å². The van der Waals surface area contributed by atoms with E-state index in [-0.39, 0.29) is 12.3 Å². The minimum atomic E-state index is -4.36. The number of aromatic nitrogens is 1. The molecule has 1 amide bonds. The minimum Gasteiger partial charge on any atom is -0.325 e. The molecule has 0 aliphatic carbocycles. The number of anilines is 1. The third kappa shape index (κ3) is 4.50. The number of carbonyl (C=O) groups excluding carboxylic acids is 1. The van der Waals surface area contributed by atoms with Gasteiger partial charge in [0, 0.05) is 15.4 Å². The van der Waals surface area contributed by atoms with Crippen molar-refractivity contribution in [3.8, 4) is 10.6 Å². The molecule has 3 nitrogen and oxygen atoms in total. The molecule has 2 aromatic carbocycles. The number of nitrogens with zero attached hydrogens (tertiary/aromatic N) is 1. The van der Waals surface area contributed by atoms with Gasteiger partial charge in [-0.25, -0.2) is 4.98 Å². The molecular formula is C18H12BrF3N2OS. The highest BCUT2D eigenvalue weighted by Crippen LogP contribution is 2.32. The number of hydrogen-bond acceptors (Lipinski definition) is 3. The molecule has 1 aromatic heterocycles. The van der Waals surface area contributed by atoms with Crippen molar-refractivity contribution in [1.82, 2.24) is 4.98 Å². The summed E-state index contributed by atoms with van der Waals surface area (Å²) in [6, 6.07) is 12.1. The molecule has 1 heterocycles. The molecule has 0 unspecified atom stereocenters. The zero-order valence-corrected chi connectivity index (χ0v) is 15.6. The first-order valence-corrected chi connectivity index (χ1v) is 9.16. The molecule has 3 rings (SSSR count). The number of nitrogens with one attached hydrogen (secondary N) is 1. The molecule has 0 fully saturated rings. The van der Waals surface area contributed by atoms with Crippen molar-refractivity contribution < 1.29 is 18.0 Å². The van der Waals surface area contributed by atoms with E-state index in [0.29, 0.717) is 22.0 Å². The van der Waals surface area contributed by atoms with Crippen molar-refractivity contribution in [3.63, 3.8) is 0 Å². The maximum Gasteiger partial charge on any atom is 0.416 e. The molecule has 0 radical (unpaired) electrons. The first-order valence-electron chi connectivity index (χ1n) is 7.49. The van der Waals surface area contributed by atoms with Gasteiger partial charge in [-0.3, -0.25) is 4.79 Å². The number of rotatable bonds is 4. The van der Waals surface area contributed by atoms with E-state index < -0.39 is 11.7 Å². The van der Waals surface area contributed by atoms with Crippen molar-refractivity contribution in [2.45, 2.75) is 12.6 Å². The molecule has 0 atom stereocenters. The Balaban J connectivity index is 1.68. The van der Waals surface area contributed by atoms with Crippen molar-refractivity contribution >= 4 is 38.9 Å². The smallest absolute Gasteiger partial charge is 0.325 e. The first-order chi connectivity index (χ1) is 12.3. The average Bonchev–Trinajstić information content (AvgIpc) is 3.05. The van der Waals surface area contributed by atoms with Gasteiger partial charge in [-0.05, 0) is 40.2 Å². The number of thiazole rings is 1. The monoisotopic (exact) mass is 440 g/mol. The number of benzene rings is 2. The topological polar surface area (TPSA) is 42.0 Å². The molecule has 26 heavy (non-hydrogen) atoms. The normalized spacial score (nSPS) is 11.4. The summed E-state index contributed by atoms with van der Waals surface area (Å²) in [7, 11) is 0. The predicted molar refractivity (Wildman–Crippen MR) is 99.0 cm³/mol. The number of halogens is 4. The molecule has 3 aromatic rings. The van der Waals surface area contributed by atoms with Crippen LogP contribution in [-0.4, -0.2) is 10.9 Å². The number of carbonyl (C=O) groups is 1. The van der Waals surface area contributed by atoms with Crippen LogP contribution in [-0.2, 0) is 17.4 Å². The Labute approximate surface area is 160 Å². The van der Waals surface area contributed by atoms with Crippen LogP contribution in [0.4, 0.5) is 18.9 Å². The van der Waals surface area contributed by atoms with Gasteiger partial charge < -0.3 is 5.32 Å². The van der Waals surface area contributed by atoms with Gasteiger partial charge in [0.25, 0.3) is 0 Å². The lowest BCUT2D eigenvalue weighted by atomic mass is 10.1. The van der Waals surface area contributed by atoms with Crippen LogP contribution in [0.5, 0.6) is 0 Å². The fraction of sp³-hybridized carbons (Fsp3) is 0.111. The van der Waals surface area contributed by atoms with E-state index in [1.165, 1.54) is 23.5 Å². The summed E-state index contributed by atoms with van der Waals surface area (Å²) >= 11 is 4.64. The molecule has 0 saturated heterocycles. The van der Waals surface area contributed by atoms with Gasteiger partial charge in [0.1, 0.15) is 5.01 Å². The highest BCUT2D eigenvalue weighted by Gasteiger charge is 2.30. The summed E-state index contributed by atoms with van der Waals surface area (Å²) in [6.45, 7) is 0. The van der Waals surface area contributed by atoms with Crippen LogP contribution in [0.25, 0.3) is 10.6 Å². The van der Waals surface area contributed by atoms with Gasteiger partial charge in [0.15, 0.2) is 0 Å². The molecular weight excluding hydrogens is 429 g/mol. The van der Waals surface area contributed by atoms with Crippen molar-refractivity contribution in [3.05, 3.63) is 69.6 Å². The van der Waals surface area contributed by atoms with Gasteiger partial charge in [-0.1, -0.05) is 24.3 Å². The van der Waals surface area contributed by atoms with E-state index in [1.807, 2.05) is 18.2 Å². The lowest BCUT2D eigenvalue weighted by molar-refractivity contribution is -0.137. The van der Waals surface area contributed by atoms with Crippen molar-refractivity contribution in [2.75, 3.05) is 5.32 Å². The Bertz CT molecular complexity index is 923. The van der Waals surface area contributed by atoms with Gasteiger partial charge in [0.2, 0.25) is 5.91 Å². The van der Waals surface area contributed by atoms with Gasteiger partial charge in [0.05, 0.1) is 23.4 Å². The Morgan fingerprint density at radius 3 is 2.46 bits per heavy atom. The Morgan fingerprint density at radius 1 is 1.12 bits per heavy atom. The molecule has 0 aliphatic rings. The fourth-order valence-corrected chi connectivity index (χ4v) is 3.45. The van der Waals surface area contributed by atoms with Crippen molar-refractivity contribution in [2.24, 2.45) is 0 Å². The molecule has 1 N–H and O–H groups in total. The van der Waals surface area contributed by atoms with E-state index in [2.05, 4.69) is 26.2 Å². The Hall–Kier alpha value is -2.19. The first kappa shape index (κ1) is 18.6. The maximum absolute atomic E-state index is 12.6. The second kappa shape index (κ2) is 7.59. The summed E-state index contributed by atoms with van der Waals surface area (Å²) in [5.74, 6) is -0.221. The van der Waals surface area contributed by atoms with E-state index in [0.717, 1.165) is 16.6 Å². The minimum absolute atomic E-state index is 0.0818. The molecule has 8 heteroatoms. The largest absolute Gasteiger partial charge is 0.416 e. The third-order valence-electron chi connectivity index (χ3n) is 3.50. The second-order valence-corrected chi connectivity index (χ2v) is 7.14. The Kier molecular flexibility index (Phi) is 5.43. The quantitative estimate of drug-likeness (QED) is 0.559. The Morgan fingerprint density at radius 2 is 1.81 bits per heavy atom. The standard InChI is InChI=1S/C18H12BrF3N2OS/c19-14-3-1-2-4-15(14)24-16(25)9-13-10-26-17(23-13)11-5-7-12(8-6-11)18(20,21)22/h1-8,10H,9H2,(H,24,25). The SMILES string of the molecule is O=C(Cc1csc(-c2ccc(C(F)(F)F)cc2)n1)Nc1ccccc1Br. The average molecular weight is 441 g/mol. The molecule has 0 bridgehead atoms. The van der Waals surface area contributed by atoms with E-state index in [9.17, 15) is 18.0 Å². The van der Waals surface area contributed by atoms with Crippen LogP contribution in [0.15, 0.2) is 58.4 Å². The van der Waals surface area contributed by atoms with Crippen LogP contribution in [0.1, 0.15) is 11.3 Å². The van der Waals surface area contributed by atoms with E-state index in [4.69, 9.17) is 0 Å². The summed E-state index contributed by atoms with van der Waals surface area (Å²) in [5.41, 5.74) is 1.11. The zero-order chi connectivity index (χ0) is 18.7. The van der Waals surface area contributed by atoms with Gasteiger partial charge in [-0.15, -0.1) is 11.3 Å². The van der Waals surface area contributed by atoms with Crippen LogP contribution >= 0.6 is 27.3 Å². The number of amides is 1. The van der Waals surface area contributed by atoms with Crippen LogP contribution in [0, 0.1) is 0 Å². The molecule has 0 saturated carbocycles. The summed E-state index contributed by atoms with van der Waals surface area (Å²) in [6.07, 6.45) is -4.28. The summed E-state index contributed by atoms with van der Waals surface area (Å²) in [5, 5.41) is 5.09. The van der Waals surface area contributed by atoms with E-state index >= 15 is 0 Å². The van der Waals surface area contributed by atoms with Gasteiger partial charge in [-0.2, -0.15) is 13.2 Å². The maximum atomic E-state index is 12.6. The van der Waals surface area contributed by atoms with Crippen LogP contribution in [0.2, 0.25) is 0 Å². The summed E-state index contributed by atoms with van der Waals surface area (Å²) in [4.78, 5) is 16.5. The zero-order valence-electron chi connectivity index (χ0n) is 13.2. The predicted octanol–water partition coefficient (Wildman–Crippen LogP) is 5.77.